The SMILES string of the molecule is Cc1ccc(CC(=O)N2CCc3c(n(Cc4csc(Cl)c4)c4ncccc34)C2)cc1C. The molecule has 4 heterocycles. The van der Waals surface area contributed by atoms with E-state index in [2.05, 4.69) is 53.0 Å². The van der Waals surface area contributed by atoms with Crippen LogP contribution in [0.1, 0.15) is 33.5 Å². The van der Waals surface area contributed by atoms with Gasteiger partial charge in [-0.05, 0) is 71.7 Å². The Kier molecular flexibility index (Phi) is 5.32. The third-order valence-corrected chi connectivity index (χ3v) is 7.40. The van der Waals surface area contributed by atoms with Crippen molar-refractivity contribution >= 4 is 39.9 Å². The molecule has 4 nitrogen and oxygen atoms in total. The number of hydrogen-bond acceptors (Lipinski definition) is 3. The third-order valence-electron chi connectivity index (χ3n) is 6.26. The lowest BCUT2D eigenvalue weighted by Gasteiger charge is -2.29. The zero-order chi connectivity index (χ0) is 21.5. The van der Waals surface area contributed by atoms with E-state index in [1.54, 1.807) is 11.3 Å². The highest BCUT2D eigenvalue weighted by Gasteiger charge is 2.27. The quantitative estimate of drug-likeness (QED) is 0.410. The minimum atomic E-state index is 0.178. The summed E-state index contributed by atoms with van der Waals surface area (Å²) in [4.78, 5) is 19.8. The molecule has 0 bridgehead atoms. The van der Waals surface area contributed by atoms with E-state index in [-0.39, 0.29) is 5.91 Å². The minimum absolute atomic E-state index is 0.178. The number of carbonyl (C=O) groups is 1. The van der Waals surface area contributed by atoms with Gasteiger partial charge in [0.25, 0.3) is 0 Å². The summed E-state index contributed by atoms with van der Waals surface area (Å²) in [6, 6.07) is 12.4. The lowest BCUT2D eigenvalue weighted by molar-refractivity contribution is -0.131. The minimum Gasteiger partial charge on any atom is -0.336 e. The highest BCUT2D eigenvalue weighted by atomic mass is 35.5. The number of thiophene rings is 1. The molecule has 6 heteroatoms. The number of halogens is 1. The summed E-state index contributed by atoms with van der Waals surface area (Å²) < 4.78 is 3.05. The summed E-state index contributed by atoms with van der Waals surface area (Å²) in [5, 5.41) is 3.29. The molecule has 0 fully saturated rings. The van der Waals surface area contributed by atoms with E-state index in [0.717, 1.165) is 28.5 Å². The van der Waals surface area contributed by atoms with E-state index < -0.39 is 0 Å². The van der Waals surface area contributed by atoms with Crippen molar-refractivity contribution < 1.29 is 4.79 Å². The zero-order valence-electron chi connectivity index (χ0n) is 17.7. The zero-order valence-corrected chi connectivity index (χ0v) is 19.3. The number of aromatic nitrogens is 2. The van der Waals surface area contributed by atoms with Crippen LogP contribution < -0.4 is 0 Å². The first-order valence-electron chi connectivity index (χ1n) is 10.5. The summed E-state index contributed by atoms with van der Waals surface area (Å²) >= 11 is 7.71. The first-order chi connectivity index (χ1) is 15.0. The van der Waals surface area contributed by atoms with Crippen LogP contribution in [0.5, 0.6) is 0 Å². The molecular formula is C25H24ClN3OS. The predicted molar refractivity (Wildman–Crippen MR) is 127 cm³/mol. The molecule has 3 aromatic heterocycles. The van der Waals surface area contributed by atoms with Crippen molar-refractivity contribution in [3.8, 4) is 0 Å². The summed E-state index contributed by atoms with van der Waals surface area (Å²) in [7, 11) is 0. The molecule has 5 rings (SSSR count). The Bertz CT molecular complexity index is 1290. The Morgan fingerprint density at radius 3 is 2.81 bits per heavy atom. The second-order valence-corrected chi connectivity index (χ2v) is 9.85. The van der Waals surface area contributed by atoms with E-state index in [0.29, 0.717) is 19.5 Å². The molecule has 1 aromatic carbocycles. The van der Waals surface area contributed by atoms with Crippen LogP contribution in [0.25, 0.3) is 11.0 Å². The number of rotatable bonds is 4. The Labute approximate surface area is 191 Å². The molecular weight excluding hydrogens is 426 g/mol. The number of hydrogen-bond donors (Lipinski definition) is 0. The van der Waals surface area contributed by atoms with Gasteiger partial charge < -0.3 is 9.47 Å². The van der Waals surface area contributed by atoms with Crippen LogP contribution in [-0.4, -0.2) is 26.9 Å². The van der Waals surface area contributed by atoms with Crippen molar-refractivity contribution in [3.05, 3.63) is 85.8 Å². The molecule has 0 N–H and O–H groups in total. The number of benzene rings is 1. The van der Waals surface area contributed by atoms with E-state index in [4.69, 9.17) is 11.6 Å². The smallest absolute Gasteiger partial charge is 0.227 e. The van der Waals surface area contributed by atoms with Crippen LogP contribution in [0.15, 0.2) is 48.0 Å². The summed E-state index contributed by atoms with van der Waals surface area (Å²) in [5.41, 5.74) is 8.22. The lowest BCUT2D eigenvalue weighted by atomic mass is 10.0. The van der Waals surface area contributed by atoms with Gasteiger partial charge in [-0.15, -0.1) is 11.3 Å². The van der Waals surface area contributed by atoms with Gasteiger partial charge in [-0.3, -0.25) is 4.79 Å². The van der Waals surface area contributed by atoms with Crippen LogP contribution in [0.2, 0.25) is 4.34 Å². The second kappa shape index (κ2) is 8.13. The first kappa shape index (κ1) is 20.3. The molecule has 0 unspecified atom stereocenters. The number of carbonyl (C=O) groups excluding carboxylic acids is 1. The van der Waals surface area contributed by atoms with Crippen molar-refractivity contribution in [1.82, 2.24) is 14.5 Å². The summed E-state index contributed by atoms with van der Waals surface area (Å²) in [6.45, 7) is 6.27. The van der Waals surface area contributed by atoms with E-state index in [1.807, 2.05) is 23.2 Å². The Hall–Kier alpha value is -2.63. The Balaban J connectivity index is 1.45. The fourth-order valence-electron chi connectivity index (χ4n) is 4.45. The van der Waals surface area contributed by atoms with Gasteiger partial charge in [0.15, 0.2) is 0 Å². The van der Waals surface area contributed by atoms with Gasteiger partial charge in [0.1, 0.15) is 5.65 Å². The molecule has 1 aliphatic rings. The van der Waals surface area contributed by atoms with Gasteiger partial charge in [-0.25, -0.2) is 4.98 Å². The normalized spacial score (nSPS) is 13.6. The summed E-state index contributed by atoms with van der Waals surface area (Å²) in [5.74, 6) is 0.178. The van der Waals surface area contributed by atoms with Crippen molar-refractivity contribution in [3.63, 3.8) is 0 Å². The van der Waals surface area contributed by atoms with Gasteiger partial charge in [-0.1, -0.05) is 29.8 Å². The van der Waals surface area contributed by atoms with Crippen LogP contribution in [0.4, 0.5) is 0 Å². The highest BCUT2D eigenvalue weighted by Crippen LogP contribution is 2.31. The summed E-state index contributed by atoms with van der Waals surface area (Å²) in [6.07, 6.45) is 3.14. The van der Waals surface area contributed by atoms with Crippen LogP contribution in [-0.2, 0) is 30.7 Å². The molecule has 0 spiro atoms. The van der Waals surface area contributed by atoms with Crippen LogP contribution in [0.3, 0.4) is 0 Å². The average molecular weight is 450 g/mol. The van der Waals surface area contributed by atoms with Crippen molar-refractivity contribution in [2.75, 3.05) is 6.54 Å². The van der Waals surface area contributed by atoms with Crippen molar-refractivity contribution in [2.24, 2.45) is 0 Å². The Morgan fingerprint density at radius 1 is 1.16 bits per heavy atom. The maximum absolute atomic E-state index is 13.1. The largest absolute Gasteiger partial charge is 0.336 e. The number of fused-ring (bicyclic) bond motifs is 3. The molecule has 0 atom stereocenters. The van der Waals surface area contributed by atoms with Gasteiger partial charge >= 0.3 is 0 Å². The van der Waals surface area contributed by atoms with Crippen molar-refractivity contribution in [2.45, 2.75) is 39.8 Å². The van der Waals surface area contributed by atoms with Gasteiger partial charge in [0.05, 0.1) is 23.8 Å². The molecule has 0 saturated heterocycles. The molecule has 1 amide bonds. The van der Waals surface area contributed by atoms with Crippen LogP contribution >= 0.6 is 22.9 Å². The molecule has 158 valence electrons. The number of nitrogens with zero attached hydrogens (tertiary/aromatic N) is 3. The monoisotopic (exact) mass is 449 g/mol. The van der Waals surface area contributed by atoms with Gasteiger partial charge in [0, 0.05) is 23.8 Å². The molecule has 4 aromatic rings. The third kappa shape index (κ3) is 3.88. The number of pyridine rings is 1. The number of amides is 1. The maximum Gasteiger partial charge on any atom is 0.227 e. The molecule has 0 aliphatic carbocycles. The van der Waals surface area contributed by atoms with Gasteiger partial charge in [-0.2, -0.15) is 0 Å². The fourth-order valence-corrected chi connectivity index (χ4v) is 5.35. The number of aryl methyl sites for hydroxylation is 2. The topological polar surface area (TPSA) is 38.1 Å². The average Bonchev–Trinajstić information content (AvgIpc) is 3.32. The molecule has 0 saturated carbocycles. The molecule has 31 heavy (non-hydrogen) atoms. The van der Waals surface area contributed by atoms with Gasteiger partial charge in [0.2, 0.25) is 5.91 Å². The lowest BCUT2D eigenvalue weighted by Crippen LogP contribution is -2.37. The standard InChI is InChI=1S/C25H24ClN3OS/c1-16-5-6-18(10-17(16)2)12-24(30)28-9-7-20-21-4-3-8-27-25(21)29(22(20)14-28)13-19-11-23(26)31-15-19/h3-6,8,10-11,15H,7,9,12-14H2,1-2H3. The second-order valence-electron chi connectivity index (χ2n) is 8.31. The van der Waals surface area contributed by atoms with Crippen LogP contribution in [0, 0.1) is 13.8 Å². The van der Waals surface area contributed by atoms with E-state index in [9.17, 15) is 4.79 Å². The predicted octanol–water partition coefficient (Wildman–Crippen LogP) is 5.54. The first-order valence-corrected chi connectivity index (χ1v) is 11.8. The fraction of sp³-hybridized carbons (Fsp3) is 0.280. The van der Waals surface area contributed by atoms with E-state index in [1.165, 1.54) is 33.3 Å². The maximum atomic E-state index is 13.1. The Morgan fingerprint density at radius 2 is 2.03 bits per heavy atom. The van der Waals surface area contributed by atoms with E-state index >= 15 is 0 Å². The molecule has 1 aliphatic heterocycles. The molecule has 0 radical (unpaired) electrons. The van der Waals surface area contributed by atoms with Crippen molar-refractivity contribution in [1.29, 1.82) is 0 Å². The highest BCUT2D eigenvalue weighted by molar-refractivity contribution is 7.14.